The first-order valence-corrected chi connectivity index (χ1v) is 10.2. The standard InChI is InChI=1S/C23H25N5O2/c1-15-11-16(27-9-7-26(2)8-10-27)12-19-22(15)25-23(24-19)18-13-28(14-21(29)30)20-6-4-3-5-17(18)20/h3-6,11-13H,7-10,14H2,1-2H3,(H,24,25)(H,29,30). The lowest BCUT2D eigenvalue weighted by Gasteiger charge is -2.34. The fraction of sp³-hybridized carbons (Fsp3) is 0.304. The molecule has 1 aliphatic heterocycles. The summed E-state index contributed by atoms with van der Waals surface area (Å²) in [6.45, 7) is 6.19. The Labute approximate surface area is 174 Å². The number of para-hydroxylation sites is 1. The van der Waals surface area contributed by atoms with Crippen LogP contribution in [0.25, 0.3) is 33.3 Å². The number of rotatable bonds is 4. The van der Waals surface area contributed by atoms with Crippen LogP contribution in [0.1, 0.15) is 5.56 Å². The second kappa shape index (κ2) is 7.18. The van der Waals surface area contributed by atoms with E-state index >= 15 is 0 Å². The molecule has 0 saturated carbocycles. The van der Waals surface area contributed by atoms with Crippen LogP contribution in [0.3, 0.4) is 0 Å². The van der Waals surface area contributed by atoms with Crippen molar-refractivity contribution in [1.29, 1.82) is 0 Å². The van der Waals surface area contributed by atoms with E-state index in [0.29, 0.717) is 0 Å². The van der Waals surface area contributed by atoms with Gasteiger partial charge in [-0.3, -0.25) is 4.79 Å². The van der Waals surface area contributed by atoms with E-state index < -0.39 is 5.97 Å². The molecule has 2 aromatic carbocycles. The zero-order valence-corrected chi connectivity index (χ0v) is 17.2. The third kappa shape index (κ3) is 3.21. The molecule has 5 rings (SSSR count). The fourth-order valence-electron chi connectivity index (χ4n) is 4.36. The Morgan fingerprint density at radius 2 is 1.93 bits per heavy atom. The topological polar surface area (TPSA) is 77.4 Å². The Bertz CT molecular complexity index is 1250. The Morgan fingerprint density at radius 1 is 1.17 bits per heavy atom. The lowest BCUT2D eigenvalue weighted by Crippen LogP contribution is -2.44. The molecule has 1 saturated heterocycles. The zero-order valence-electron chi connectivity index (χ0n) is 17.2. The van der Waals surface area contributed by atoms with Crippen molar-refractivity contribution in [2.45, 2.75) is 13.5 Å². The summed E-state index contributed by atoms with van der Waals surface area (Å²) >= 11 is 0. The molecule has 0 radical (unpaired) electrons. The molecule has 7 heteroatoms. The molecular formula is C23H25N5O2. The highest BCUT2D eigenvalue weighted by molar-refractivity contribution is 5.97. The number of likely N-dealkylation sites (N-methyl/N-ethyl adjacent to an activating group) is 1. The molecule has 0 aliphatic carbocycles. The summed E-state index contributed by atoms with van der Waals surface area (Å²) in [6.07, 6.45) is 1.88. The van der Waals surface area contributed by atoms with E-state index in [9.17, 15) is 9.90 Å². The average Bonchev–Trinajstić information content (AvgIpc) is 3.30. The molecule has 7 nitrogen and oxygen atoms in total. The van der Waals surface area contributed by atoms with Crippen molar-refractivity contribution < 1.29 is 9.90 Å². The number of nitrogens with one attached hydrogen (secondary N) is 1. The molecule has 0 amide bonds. The van der Waals surface area contributed by atoms with Crippen LogP contribution in [-0.4, -0.2) is 63.7 Å². The van der Waals surface area contributed by atoms with Crippen LogP contribution in [0.4, 0.5) is 5.69 Å². The Balaban J connectivity index is 1.59. The number of aromatic nitrogens is 3. The average molecular weight is 403 g/mol. The van der Waals surface area contributed by atoms with Gasteiger partial charge in [0.15, 0.2) is 0 Å². The molecule has 0 unspecified atom stereocenters. The second-order valence-corrected chi connectivity index (χ2v) is 8.12. The second-order valence-electron chi connectivity index (χ2n) is 8.12. The summed E-state index contributed by atoms with van der Waals surface area (Å²) in [5.41, 5.74) is 6.13. The number of aromatic amines is 1. The van der Waals surface area contributed by atoms with Crippen molar-refractivity contribution in [1.82, 2.24) is 19.4 Å². The Hall–Kier alpha value is -3.32. The van der Waals surface area contributed by atoms with Crippen LogP contribution in [0.2, 0.25) is 0 Å². The number of aliphatic carboxylic acids is 1. The first kappa shape index (κ1) is 18.7. The van der Waals surface area contributed by atoms with E-state index in [0.717, 1.165) is 65.1 Å². The lowest BCUT2D eigenvalue weighted by atomic mass is 10.1. The predicted octanol–water partition coefficient (Wildman–Crippen LogP) is 3.33. The van der Waals surface area contributed by atoms with Crippen LogP contribution in [-0.2, 0) is 11.3 Å². The zero-order chi connectivity index (χ0) is 20.8. The number of carboxylic acids is 1. The van der Waals surface area contributed by atoms with E-state index in [-0.39, 0.29) is 6.54 Å². The number of nitrogens with zero attached hydrogens (tertiary/aromatic N) is 4. The van der Waals surface area contributed by atoms with Gasteiger partial charge in [0.1, 0.15) is 12.4 Å². The number of benzene rings is 2. The van der Waals surface area contributed by atoms with Gasteiger partial charge in [-0.1, -0.05) is 18.2 Å². The highest BCUT2D eigenvalue weighted by atomic mass is 16.4. The van der Waals surface area contributed by atoms with Crippen molar-refractivity contribution in [3.8, 4) is 11.4 Å². The SMILES string of the molecule is Cc1cc(N2CCN(C)CC2)cc2[nH]c(-c3cn(CC(=O)O)c4ccccc34)nc12. The third-order valence-corrected chi connectivity index (χ3v) is 5.98. The molecule has 3 heterocycles. The summed E-state index contributed by atoms with van der Waals surface area (Å²) in [5, 5.41) is 10.3. The minimum atomic E-state index is -0.862. The largest absolute Gasteiger partial charge is 0.480 e. The molecule has 0 bridgehead atoms. The molecule has 2 N–H and O–H groups in total. The van der Waals surface area contributed by atoms with Gasteiger partial charge in [-0.25, -0.2) is 4.98 Å². The minimum absolute atomic E-state index is 0.0761. The summed E-state index contributed by atoms with van der Waals surface area (Å²) < 4.78 is 1.77. The number of anilines is 1. The smallest absolute Gasteiger partial charge is 0.323 e. The van der Waals surface area contributed by atoms with E-state index in [4.69, 9.17) is 4.98 Å². The number of carbonyl (C=O) groups is 1. The predicted molar refractivity (Wildman–Crippen MR) is 119 cm³/mol. The van der Waals surface area contributed by atoms with Gasteiger partial charge in [-0.2, -0.15) is 0 Å². The lowest BCUT2D eigenvalue weighted by molar-refractivity contribution is -0.137. The van der Waals surface area contributed by atoms with Crippen LogP contribution in [0.15, 0.2) is 42.6 Å². The van der Waals surface area contributed by atoms with Gasteiger partial charge >= 0.3 is 5.97 Å². The maximum atomic E-state index is 11.3. The van der Waals surface area contributed by atoms with E-state index in [1.165, 1.54) is 5.69 Å². The van der Waals surface area contributed by atoms with Gasteiger partial charge in [-0.15, -0.1) is 0 Å². The van der Waals surface area contributed by atoms with E-state index in [1.807, 2.05) is 30.5 Å². The third-order valence-electron chi connectivity index (χ3n) is 5.98. The van der Waals surface area contributed by atoms with Crippen molar-refractivity contribution >= 4 is 33.6 Å². The van der Waals surface area contributed by atoms with E-state index in [2.05, 4.69) is 40.9 Å². The fourth-order valence-corrected chi connectivity index (χ4v) is 4.36. The molecule has 30 heavy (non-hydrogen) atoms. The van der Waals surface area contributed by atoms with Gasteiger partial charge in [0.05, 0.1) is 11.0 Å². The van der Waals surface area contributed by atoms with Gasteiger partial charge in [0, 0.05) is 54.5 Å². The van der Waals surface area contributed by atoms with Crippen LogP contribution in [0.5, 0.6) is 0 Å². The maximum absolute atomic E-state index is 11.3. The van der Waals surface area contributed by atoms with Crippen LogP contribution >= 0.6 is 0 Å². The molecule has 154 valence electrons. The van der Waals surface area contributed by atoms with Crippen LogP contribution in [0, 0.1) is 6.92 Å². The summed E-state index contributed by atoms with van der Waals surface area (Å²) in [6, 6.07) is 12.2. The first-order valence-electron chi connectivity index (χ1n) is 10.2. The molecule has 1 aliphatic rings. The van der Waals surface area contributed by atoms with Crippen molar-refractivity contribution in [3.05, 3.63) is 48.2 Å². The van der Waals surface area contributed by atoms with Gasteiger partial charge in [-0.05, 0) is 37.7 Å². The highest BCUT2D eigenvalue weighted by Crippen LogP contribution is 2.32. The maximum Gasteiger partial charge on any atom is 0.323 e. The molecule has 0 atom stereocenters. The van der Waals surface area contributed by atoms with Crippen molar-refractivity contribution in [3.63, 3.8) is 0 Å². The Kier molecular flexibility index (Phi) is 4.47. The molecule has 4 aromatic rings. The van der Waals surface area contributed by atoms with Crippen molar-refractivity contribution in [2.24, 2.45) is 0 Å². The number of hydrogen-bond acceptors (Lipinski definition) is 4. The number of aryl methyl sites for hydroxylation is 1. The summed E-state index contributed by atoms with van der Waals surface area (Å²) in [5.74, 6) is -0.0939. The normalized spacial score (nSPS) is 15.3. The number of fused-ring (bicyclic) bond motifs is 2. The molecule has 2 aromatic heterocycles. The van der Waals surface area contributed by atoms with E-state index in [1.54, 1.807) is 4.57 Å². The van der Waals surface area contributed by atoms with Gasteiger partial charge < -0.3 is 24.5 Å². The summed E-state index contributed by atoms with van der Waals surface area (Å²) in [4.78, 5) is 24.4. The molecule has 0 spiro atoms. The number of imidazole rings is 1. The first-order chi connectivity index (χ1) is 14.5. The summed E-state index contributed by atoms with van der Waals surface area (Å²) in [7, 11) is 2.16. The highest BCUT2D eigenvalue weighted by Gasteiger charge is 2.18. The van der Waals surface area contributed by atoms with Gasteiger partial charge in [0.2, 0.25) is 0 Å². The number of piperazine rings is 1. The van der Waals surface area contributed by atoms with Crippen LogP contribution < -0.4 is 4.90 Å². The molecule has 1 fully saturated rings. The molecular weight excluding hydrogens is 378 g/mol. The minimum Gasteiger partial charge on any atom is -0.480 e. The number of carboxylic acid groups (broad SMARTS) is 1. The van der Waals surface area contributed by atoms with Crippen molar-refractivity contribution in [2.75, 3.05) is 38.1 Å². The monoisotopic (exact) mass is 403 g/mol. The Morgan fingerprint density at radius 3 is 2.70 bits per heavy atom. The number of hydrogen-bond donors (Lipinski definition) is 2. The quantitative estimate of drug-likeness (QED) is 0.547. The number of H-pyrrole nitrogens is 1. The van der Waals surface area contributed by atoms with Gasteiger partial charge in [0.25, 0.3) is 0 Å².